The Bertz CT molecular complexity index is 366. The van der Waals surface area contributed by atoms with Gasteiger partial charge in [0.15, 0.2) is 12.6 Å². The van der Waals surface area contributed by atoms with Crippen molar-refractivity contribution in [2.24, 2.45) is 0 Å². The zero-order valence-electron chi connectivity index (χ0n) is 6.02. The summed E-state index contributed by atoms with van der Waals surface area (Å²) in [7, 11) is 0. The zero-order chi connectivity index (χ0) is 8.97. The second-order valence-electron chi connectivity index (χ2n) is 2.05. The van der Waals surface area contributed by atoms with Gasteiger partial charge in [0.25, 0.3) is 0 Å². The number of aromatic nitrogens is 1. The highest BCUT2D eigenvalue weighted by molar-refractivity contribution is 5.90. The van der Waals surface area contributed by atoms with E-state index >= 15 is 0 Å². The van der Waals surface area contributed by atoms with E-state index in [1.165, 1.54) is 12.3 Å². The Morgan fingerprint density at radius 1 is 1.33 bits per heavy atom. The molecule has 0 bridgehead atoms. The normalized spacial score (nSPS) is 8.58. The number of hydrogen-bond acceptors (Lipinski definition) is 4. The Kier molecular flexibility index (Phi) is 2.29. The predicted octanol–water partition coefficient (Wildman–Crippen LogP) is 0.578. The van der Waals surface area contributed by atoms with Gasteiger partial charge in [-0.2, -0.15) is 5.26 Å². The molecule has 0 aromatic carbocycles. The van der Waals surface area contributed by atoms with Gasteiger partial charge >= 0.3 is 0 Å². The Morgan fingerprint density at radius 3 is 2.50 bits per heavy atom. The molecule has 0 atom stereocenters. The second kappa shape index (κ2) is 3.39. The molecule has 0 fully saturated rings. The van der Waals surface area contributed by atoms with E-state index in [0.717, 1.165) is 0 Å². The van der Waals surface area contributed by atoms with Crippen molar-refractivity contribution in [3.8, 4) is 6.07 Å². The van der Waals surface area contributed by atoms with Crippen molar-refractivity contribution in [1.29, 1.82) is 5.26 Å². The van der Waals surface area contributed by atoms with Crippen molar-refractivity contribution in [2.45, 2.75) is 0 Å². The molecule has 0 radical (unpaired) electrons. The summed E-state index contributed by atoms with van der Waals surface area (Å²) < 4.78 is 0. The molecule has 0 saturated heterocycles. The lowest BCUT2D eigenvalue weighted by Crippen LogP contribution is -1.94. The number of hydrogen-bond donors (Lipinski definition) is 0. The molecule has 4 nitrogen and oxygen atoms in total. The molecule has 12 heavy (non-hydrogen) atoms. The van der Waals surface area contributed by atoms with E-state index in [0.29, 0.717) is 12.6 Å². The number of nitrogens with zero attached hydrogens (tertiary/aromatic N) is 2. The average Bonchev–Trinajstić information content (AvgIpc) is 2.16. The van der Waals surface area contributed by atoms with Crippen LogP contribution in [0.5, 0.6) is 0 Å². The van der Waals surface area contributed by atoms with Crippen molar-refractivity contribution in [2.75, 3.05) is 0 Å². The van der Waals surface area contributed by atoms with E-state index in [1.54, 1.807) is 6.07 Å². The summed E-state index contributed by atoms with van der Waals surface area (Å²) in [6.45, 7) is 0. The maximum atomic E-state index is 10.4. The summed E-state index contributed by atoms with van der Waals surface area (Å²) in [5.41, 5.74) is 0.517. The lowest BCUT2D eigenvalue weighted by molar-refractivity contribution is 0.109. The van der Waals surface area contributed by atoms with Gasteiger partial charge in [0.2, 0.25) is 0 Å². The number of nitriles is 1. The molecule has 4 heteroatoms. The lowest BCUT2D eigenvalue weighted by Gasteiger charge is -1.94. The third-order valence-corrected chi connectivity index (χ3v) is 1.34. The van der Waals surface area contributed by atoms with Gasteiger partial charge in [-0.15, -0.1) is 0 Å². The molecule has 1 aromatic rings. The predicted molar refractivity (Wildman–Crippen MR) is 39.7 cm³/mol. The van der Waals surface area contributed by atoms with Gasteiger partial charge in [0.05, 0.1) is 0 Å². The topological polar surface area (TPSA) is 70.8 Å². The molecule has 58 valence electrons. The van der Waals surface area contributed by atoms with Gasteiger partial charge in [-0.05, 0) is 6.07 Å². The molecule has 0 saturated carbocycles. The number of pyridine rings is 1. The fraction of sp³-hybridized carbons (Fsp3) is 0. The van der Waals surface area contributed by atoms with E-state index in [1.807, 2.05) is 0 Å². The Hall–Kier alpha value is -2.02. The Balaban J connectivity index is 3.30. The molecule has 0 aliphatic rings. The molecule has 0 spiro atoms. The van der Waals surface area contributed by atoms with E-state index < -0.39 is 0 Å². The van der Waals surface area contributed by atoms with E-state index in [9.17, 15) is 9.59 Å². The van der Waals surface area contributed by atoms with Crippen molar-refractivity contribution in [3.05, 3.63) is 29.1 Å². The molecule has 1 aromatic heterocycles. The van der Waals surface area contributed by atoms with E-state index in [2.05, 4.69) is 4.98 Å². The smallest absolute Gasteiger partial charge is 0.152 e. The van der Waals surface area contributed by atoms with Crippen LogP contribution < -0.4 is 0 Å². The van der Waals surface area contributed by atoms with Crippen LogP contribution in [0.3, 0.4) is 0 Å². The average molecular weight is 160 g/mol. The molecular weight excluding hydrogens is 156 g/mol. The van der Waals surface area contributed by atoms with Crippen molar-refractivity contribution >= 4 is 12.6 Å². The van der Waals surface area contributed by atoms with Crippen molar-refractivity contribution in [1.82, 2.24) is 4.98 Å². The summed E-state index contributed by atoms with van der Waals surface area (Å²) >= 11 is 0. The van der Waals surface area contributed by atoms with Gasteiger partial charge in [0, 0.05) is 17.3 Å². The first kappa shape index (κ1) is 8.08. The fourth-order valence-corrected chi connectivity index (χ4v) is 0.743. The van der Waals surface area contributed by atoms with Gasteiger partial charge in [-0.3, -0.25) is 9.59 Å². The van der Waals surface area contributed by atoms with E-state index in [4.69, 9.17) is 5.26 Å². The number of carbonyl (C=O) groups is 2. The molecule has 0 N–H and O–H groups in total. The minimum absolute atomic E-state index is 0.128. The van der Waals surface area contributed by atoms with Gasteiger partial charge in [0.1, 0.15) is 11.8 Å². The van der Waals surface area contributed by atoms with Crippen LogP contribution in [0.15, 0.2) is 12.3 Å². The first-order chi connectivity index (χ1) is 5.81. The van der Waals surface area contributed by atoms with Gasteiger partial charge in [-0.25, -0.2) is 4.98 Å². The van der Waals surface area contributed by atoms with Crippen LogP contribution in [0.25, 0.3) is 0 Å². The van der Waals surface area contributed by atoms with Gasteiger partial charge < -0.3 is 0 Å². The quantitative estimate of drug-likeness (QED) is 0.593. The summed E-state index contributed by atoms with van der Waals surface area (Å²) in [5, 5.41) is 8.40. The summed E-state index contributed by atoms with van der Waals surface area (Å²) in [5.74, 6) is 0. The van der Waals surface area contributed by atoms with Crippen molar-refractivity contribution in [3.63, 3.8) is 0 Å². The monoisotopic (exact) mass is 160 g/mol. The minimum atomic E-state index is 0.128. The highest BCUT2D eigenvalue weighted by Gasteiger charge is 2.02. The van der Waals surface area contributed by atoms with Crippen LogP contribution in [0.2, 0.25) is 0 Å². The molecular formula is C8H4N2O2. The van der Waals surface area contributed by atoms with E-state index in [-0.39, 0.29) is 16.8 Å². The molecule has 0 aliphatic carbocycles. The number of carbonyl (C=O) groups excluding carboxylic acids is 2. The molecule has 0 aliphatic heterocycles. The Morgan fingerprint density at radius 2 is 2.00 bits per heavy atom. The summed E-state index contributed by atoms with van der Waals surface area (Å²) in [4.78, 5) is 24.3. The SMILES string of the molecule is N#Cc1cc(C=O)c(C=O)cn1. The second-order valence-corrected chi connectivity index (χ2v) is 2.05. The maximum Gasteiger partial charge on any atom is 0.152 e. The third kappa shape index (κ3) is 1.35. The molecule has 0 amide bonds. The third-order valence-electron chi connectivity index (χ3n) is 1.34. The molecule has 0 unspecified atom stereocenters. The van der Waals surface area contributed by atoms with Gasteiger partial charge in [-0.1, -0.05) is 0 Å². The first-order valence-corrected chi connectivity index (χ1v) is 3.12. The van der Waals surface area contributed by atoms with Crippen LogP contribution in [-0.2, 0) is 0 Å². The number of aldehydes is 2. The number of rotatable bonds is 2. The standard InChI is InChI=1S/C8H4N2O2/c9-2-8-1-6(4-11)7(5-12)3-10-8/h1,3-5H. The largest absolute Gasteiger partial charge is 0.298 e. The summed E-state index contributed by atoms with van der Waals surface area (Å²) in [6, 6.07) is 3.04. The van der Waals surface area contributed by atoms with Crippen LogP contribution >= 0.6 is 0 Å². The highest BCUT2D eigenvalue weighted by atomic mass is 16.1. The maximum absolute atomic E-state index is 10.4. The summed E-state index contributed by atoms with van der Waals surface area (Å²) in [6.07, 6.45) is 2.25. The zero-order valence-corrected chi connectivity index (χ0v) is 6.02. The van der Waals surface area contributed by atoms with Crippen molar-refractivity contribution < 1.29 is 9.59 Å². The van der Waals surface area contributed by atoms with Crippen LogP contribution in [0.1, 0.15) is 26.4 Å². The Labute approximate surface area is 68.5 Å². The highest BCUT2D eigenvalue weighted by Crippen LogP contribution is 2.03. The minimum Gasteiger partial charge on any atom is -0.298 e. The lowest BCUT2D eigenvalue weighted by atomic mass is 10.1. The fourth-order valence-electron chi connectivity index (χ4n) is 0.743. The van der Waals surface area contributed by atoms with Crippen LogP contribution in [-0.4, -0.2) is 17.6 Å². The first-order valence-electron chi connectivity index (χ1n) is 3.12. The van der Waals surface area contributed by atoms with Crippen LogP contribution in [0.4, 0.5) is 0 Å². The van der Waals surface area contributed by atoms with Crippen LogP contribution in [0, 0.1) is 11.3 Å². The molecule has 1 rings (SSSR count). The molecule has 1 heterocycles.